The molecule has 0 amide bonds. The molecule has 0 aliphatic carbocycles. The van der Waals surface area contributed by atoms with Crippen LogP contribution in [-0.4, -0.2) is 0 Å². The van der Waals surface area contributed by atoms with Crippen LogP contribution < -0.4 is 5.30 Å². The summed E-state index contributed by atoms with van der Waals surface area (Å²) >= 11 is 4.39. The molecule has 72 valence electrons. The summed E-state index contributed by atoms with van der Waals surface area (Å²) in [4.78, 5) is 0. The van der Waals surface area contributed by atoms with E-state index in [1.165, 1.54) is 10.9 Å². The summed E-state index contributed by atoms with van der Waals surface area (Å²) in [5.74, 6) is 0. The monoisotopic (exact) mass is 293 g/mol. The minimum Gasteiger partial charge on any atom is -0.352 e. The van der Waals surface area contributed by atoms with Crippen molar-refractivity contribution in [2.45, 2.75) is 13.3 Å². The van der Waals surface area contributed by atoms with Crippen LogP contribution in [0.5, 0.6) is 0 Å². The molecule has 0 aliphatic heterocycles. The van der Waals surface area contributed by atoms with Gasteiger partial charge in [-0.15, -0.1) is 9.24 Å². The molecule has 1 rings (SSSR count). The van der Waals surface area contributed by atoms with Gasteiger partial charge in [0, 0.05) is 20.4 Å². The zero-order valence-electron chi connectivity index (χ0n) is 7.00. The third-order valence-corrected chi connectivity index (χ3v) is 1.77. The second-order valence-corrected chi connectivity index (χ2v) is 2.76. The van der Waals surface area contributed by atoms with Crippen molar-refractivity contribution in [3.8, 4) is 0 Å². The average molecular weight is 294 g/mol. The molecule has 1 aromatic carbocycles. The second-order valence-electron chi connectivity index (χ2n) is 2.10. The maximum atomic E-state index is 4.39. The van der Waals surface area contributed by atoms with E-state index in [-0.39, 0.29) is 20.4 Å². The van der Waals surface area contributed by atoms with Gasteiger partial charge in [0.1, 0.15) is 0 Å². The molecule has 1 unspecified atom stereocenters. The Kier molecular flexibility index (Phi) is 12.2. The van der Waals surface area contributed by atoms with Gasteiger partial charge in [-0.05, 0) is 17.3 Å². The normalized spacial score (nSPS) is 7.67. The number of halogens is 1. The van der Waals surface area contributed by atoms with Crippen molar-refractivity contribution in [3.63, 3.8) is 0 Å². The molecule has 0 fully saturated rings. The van der Waals surface area contributed by atoms with Crippen molar-refractivity contribution in [3.05, 3.63) is 36.2 Å². The zero-order valence-corrected chi connectivity index (χ0v) is 10.5. The van der Waals surface area contributed by atoms with Crippen molar-refractivity contribution >= 4 is 26.1 Å². The summed E-state index contributed by atoms with van der Waals surface area (Å²) in [6, 6.07) is 8.54. The van der Waals surface area contributed by atoms with Gasteiger partial charge in [-0.3, -0.25) is 6.38 Å². The van der Waals surface area contributed by atoms with Crippen molar-refractivity contribution in [1.29, 1.82) is 0 Å². The van der Waals surface area contributed by atoms with E-state index in [4.69, 9.17) is 0 Å². The Hall–Kier alpha value is 0.602. The maximum absolute atomic E-state index is 4.39. The third kappa shape index (κ3) is 6.16. The molecule has 0 aromatic heterocycles. The first kappa shape index (κ1) is 15.1. The van der Waals surface area contributed by atoms with E-state index in [1.54, 1.807) is 0 Å². The molecule has 0 heterocycles. The molecule has 0 bridgehead atoms. The van der Waals surface area contributed by atoms with Crippen molar-refractivity contribution in [2.24, 2.45) is 0 Å². The van der Waals surface area contributed by atoms with Crippen molar-refractivity contribution in [1.82, 2.24) is 0 Å². The molecule has 1 atom stereocenters. The molecule has 3 heteroatoms. The number of hydrogen-bond acceptors (Lipinski definition) is 0. The summed E-state index contributed by atoms with van der Waals surface area (Å²) in [5.41, 5.74) is 1.40. The van der Waals surface area contributed by atoms with E-state index in [1.807, 2.05) is 0 Å². The van der Waals surface area contributed by atoms with Gasteiger partial charge in [0.2, 0.25) is 0 Å². The van der Waals surface area contributed by atoms with E-state index in [0.29, 0.717) is 0 Å². The third-order valence-electron chi connectivity index (χ3n) is 1.39. The Morgan fingerprint density at radius 2 is 1.67 bits per heavy atom. The summed E-state index contributed by atoms with van der Waals surface area (Å²) in [6.45, 7) is 2.16. The van der Waals surface area contributed by atoms with Gasteiger partial charge in [0.15, 0.2) is 0 Å². The fourth-order valence-corrected chi connectivity index (χ4v) is 0.946. The molecule has 12 heavy (non-hydrogen) atoms. The zero-order chi connectivity index (χ0) is 8.69. The first-order valence-corrected chi connectivity index (χ1v) is 4.55. The van der Waals surface area contributed by atoms with Crippen molar-refractivity contribution < 1.29 is 20.4 Å². The molecule has 0 nitrogen and oxygen atoms in total. The van der Waals surface area contributed by atoms with Crippen LogP contribution in [0.3, 0.4) is 0 Å². The number of benzene rings is 1. The molecule has 0 saturated carbocycles. The largest absolute Gasteiger partial charge is 0.352 e. The molecule has 0 spiro atoms. The summed E-state index contributed by atoms with van der Waals surface area (Å²) in [6.07, 6.45) is 3.85. The fraction of sp³-hybridized carbons (Fsp3) is 0.222. The SMILES string of the molecule is CCc1ccc(P)cc1.[CH2-]Cl.[Pd]. The minimum absolute atomic E-state index is 0. The van der Waals surface area contributed by atoms with Gasteiger partial charge in [-0.1, -0.05) is 31.2 Å². The van der Waals surface area contributed by atoms with Gasteiger partial charge < -0.3 is 11.6 Å². The topological polar surface area (TPSA) is 0 Å². The Morgan fingerprint density at radius 3 is 2.00 bits per heavy atom. The second kappa shape index (κ2) is 9.69. The van der Waals surface area contributed by atoms with Gasteiger partial charge in [0.05, 0.1) is 0 Å². The Bertz CT molecular complexity index is 186. The van der Waals surface area contributed by atoms with Crippen LogP contribution in [0, 0.1) is 6.38 Å². The predicted octanol–water partition coefficient (Wildman–Crippen LogP) is 2.76. The molecular weight excluding hydrogens is 281 g/mol. The van der Waals surface area contributed by atoms with E-state index >= 15 is 0 Å². The van der Waals surface area contributed by atoms with Crippen LogP contribution in [0.25, 0.3) is 0 Å². The van der Waals surface area contributed by atoms with Gasteiger partial charge in [0.25, 0.3) is 0 Å². The molecule has 0 saturated heterocycles. The van der Waals surface area contributed by atoms with E-state index in [2.05, 4.69) is 58.4 Å². The fourth-order valence-electron chi connectivity index (χ4n) is 0.753. The molecule has 1 aromatic rings. The van der Waals surface area contributed by atoms with Crippen LogP contribution in [0.15, 0.2) is 24.3 Å². The number of rotatable bonds is 1. The van der Waals surface area contributed by atoms with Gasteiger partial charge in [-0.2, -0.15) is 0 Å². The average Bonchev–Trinajstić information content (AvgIpc) is 2.10. The smallest absolute Gasteiger partial charge is 0 e. The molecular formula is C9H13ClPPd-. The Morgan fingerprint density at radius 1 is 1.25 bits per heavy atom. The van der Waals surface area contributed by atoms with E-state index in [9.17, 15) is 0 Å². The van der Waals surface area contributed by atoms with Gasteiger partial charge >= 0.3 is 0 Å². The van der Waals surface area contributed by atoms with Crippen molar-refractivity contribution in [2.75, 3.05) is 0 Å². The first-order chi connectivity index (χ1) is 5.33. The van der Waals surface area contributed by atoms with Crippen LogP contribution in [0.4, 0.5) is 0 Å². The molecule has 0 radical (unpaired) electrons. The van der Waals surface area contributed by atoms with Crippen LogP contribution in [0.2, 0.25) is 0 Å². The van der Waals surface area contributed by atoms with Crippen LogP contribution in [-0.2, 0) is 26.8 Å². The Labute approximate surface area is 95.9 Å². The van der Waals surface area contributed by atoms with Crippen LogP contribution >= 0.6 is 20.8 Å². The Balaban J connectivity index is 0. The number of hydrogen-bond donors (Lipinski definition) is 0. The standard InChI is InChI=1S/C8H11P.CH2Cl.Pd/c1-2-7-3-5-8(9)6-4-7;1-2;/h3-6H,2,9H2,1H3;1H2;/q;-1;. The first-order valence-electron chi connectivity index (χ1n) is 3.44. The van der Waals surface area contributed by atoms with E-state index in [0.717, 1.165) is 6.42 Å². The minimum atomic E-state index is 0. The van der Waals surface area contributed by atoms with Crippen LogP contribution in [0.1, 0.15) is 12.5 Å². The van der Waals surface area contributed by atoms with Gasteiger partial charge in [-0.25, -0.2) is 0 Å². The van der Waals surface area contributed by atoms with E-state index < -0.39 is 0 Å². The summed E-state index contributed by atoms with van der Waals surface area (Å²) in [5, 5.41) is 1.26. The predicted molar refractivity (Wildman–Crippen MR) is 56.4 cm³/mol. The quantitative estimate of drug-likeness (QED) is 0.424. The molecule has 0 N–H and O–H groups in total. The molecule has 0 aliphatic rings. The summed E-state index contributed by atoms with van der Waals surface area (Å²) < 4.78 is 0. The number of aryl methyl sites for hydroxylation is 1. The maximum Gasteiger partial charge on any atom is 0 e. The summed E-state index contributed by atoms with van der Waals surface area (Å²) in [7, 11) is 2.67.